The molecule has 0 bridgehead atoms. The van der Waals surface area contributed by atoms with Gasteiger partial charge in [0.25, 0.3) is 5.91 Å². The Labute approximate surface area is 190 Å². The average molecular weight is 443 g/mol. The van der Waals surface area contributed by atoms with E-state index in [-0.39, 0.29) is 17.9 Å². The second kappa shape index (κ2) is 8.30. The summed E-state index contributed by atoms with van der Waals surface area (Å²) < 4.78 is 5.54. The number of piperidine rings is 2. The van der Waals surface area contributed by atoms with E-state index in [0.717, 1.165) is 18.7 Å². The maximum Gasteiger partial charge on any atom is 0.410 e. The van der Waals surface area contributed by atoms with Crippen molar-refractivity contribution in [3.63, 3.8) is 0 Å². The molecule has 0 saturated carbocycles. The third kappa shape index (κ3) is 4.02. The molecule has 3 fully saturated rings. The van der Waals surface area contributed by atoms with Crippen molar-refractivity contribution in [2.24, 2.45) is 0 Å². The Balaban J connectivity index is 1.59. The lowest BCUT2D eigenvalue weighted by atomic mass is 9.85. The minimum absolute atomic E-state index is 0.00107. The third-order valence-corrected chi connectivity index (χ3v) is 6.79. The first-order valence-electron chi connectivity index (χ1n) is 11.5. The molecule has 1 spiro atoms. The quantitative estimate of drug-likeness (QED) is 0.704. The van der Waals surface area contributed by atoms with E-state index in [4.69, 9.17) is 4.74 Å². The number of ether oxygens (including phenoxy) is 1. The van der Waals surface area contributed by atoms with E-state index in [1.165, 1.54) is 0 Å². The Bertz CT molecular complexity index is 874. The first-order chi connectivity index (χ1) is 15.1. The van der Waals surface area contributed by atoms with Gasteiger partial charge in [0.05, 0.1) is 6.67 Å². The van der Waals surface area contributed by atoms with E-state index >= 15 is 0 Å². The molecule has 1 atom stereocenters. The summed E-state index contributed by atoms with van der Waals surface area (Å²) >= 11 is 0. The van der Waals surface area contributed by atoms with Gasteiger partial charge >= 0.3 is 6.09 Å². The van der Waals surface area contributed by atoms with Gasteiger partial charge in [-0.1, -0.05) is 18.2 Å². The van der Waals surface area contributed by atoms with Gasteiger partial charge in [-0.05, 0) is 58.6 Å². The van der Waals surface area contributed by atoms with E-state index < -0.39 is 17.2 Å². The molecule has 174 valence electrons. The number of carbonyl (C=O) groups is 3. The minimum atomic E-state index is -0.754. The fourth-order valence-electron chi connectivity index (χ4n) is 5.08. The Morgan fingerprint density at radius 3 is 2.34 bits per heavy atom. The molecule has 0 aliphatic carbocycles. The Kier molecular flexibility index (Phi) is 5.81. The highest BCUT2D eigenvalue weighted by atomic mass is 16.6. The monoisotopic (exact) mass is 442 g/mol. The number of carbonyl (C=O) groups excluding carboxylic acids is 3. The molecule has 0 N–H and O–H groups in total. The zero-order chi connectivity index (χ0) is 23.1. The van der Waals surface area contributed by atoms with Gasteiger partial charge in [-0.3, -0.25) is 9.59 Å². The largest absolute Gasteiger partial charge is 0.444 e. The number of likely N-dealkylation sites (N-methyl/N-ethyl adjacent to an activating group) is 1. The second-order valence-corrected chi connectivity index (χ2v) is 10.1. The highest BCUT2D eigenvalue weighted by molar-refractivity contribution is 5.97. The van der Waals surface area contributed by atoms with Gasteiger partial charge in [0.1, 0.15) is 17.2 Å². The molecule has 0 radical (unpaired) electrons. The van der Waals surface area contributed by atoms with Crippen LogP contribution in [0.2, 0.25) is 0 Å². The highest BCUT2D eigenvalue weighted by Crippen LogP contribution is 2.41. The number of likely N-dealkylation sites (tertiary alicyclic amines) is 2. The van der Waals surface area contributed by atoms with Crippen LogP contribution in [0.15, 0.2) is 30.3 Å². The topological polar surface area (TPSA) is 73.4 Å². The lowest BCUT2D eigenvalue weighted by molar-refractivity contribution is -0.147. The maximum atomic E-state index is 13.9. The van der Waals surface area contributed by atoms with Gasteiger partial charge in [-0.25, -0.2) is 4.79 Å². The zero-order valence-corrected chi connectivity index (χ0v) is 19.5. The minimum Gasteiger partial charge on any atom is -0.444 e. The number of benzene rings is 1. The molecule has 0 aromatic heterocycles. The van der Waals surface area contributed by atoms with Crippen LogP contribution in [-0.4, -0.2) is 83.1 Å². The van der Waals surface area contributed by atoms with Crippen molar-refractivity contribution in [1.82, 2.24) is 14.7 Å². The molecule has 3 heterocycles. The number of amides is 3. The lowest BCUT2D eigenvalue weighted by Gasteiger charge is -2.43. The van der Waals surface area contributed by atoms with Gasteiger partial charge < -0.3 is 24.3 Å². The number of para-hydroxylation sites is 1. The van der Waals surface area contributed by atoms with Gasteiger partial charge in [-0.15, -0.1) is 0 Å². The molecule has 3 amide bonds. The summed E-state index contributed by atoms with van der Waals surface area (Å²) in [6.45, 7) is 7.56. The molecule has 8 heteroatoms. The zero-order valence-electron chi connectivity index (χ0n) is 19.5. The molecular formula is C24H34N4O4. The molecule has 1 unspecified atom stereocenters. The molecule has 3 aliphatic heterocycles. The van der Waals surface area contributed by atoms with Crippen molar-refractivity contribution < 1.29 is 19.1 Å². The number of nitrogens with zero attached hydrogens (tertiary/aromatic N) is 4. The predicted octanol–water partition coefficient (Wildman–Crippen LogP) is 2.68. The molecular weight excluding hydrogens is 408 g/mol. The van der Waals surface area contributed by atoms with Crippen molar-refractivity contribution in [2.45, 2.75) is 63.6 Å². The summed E-state index contributed by atoms with van der Waals surface area (Å²) in [7, 11) is 1.80. The number of hydrogen-bond donors (Lipinski definition) is 0. The summed E-state index contributed by atoms with van der Waals surface area (Å²) in [5.74, 6) is 0.0136. The third-order valence-electron chi connectivity index (χ3n) is 6.79. The van der Waals surface area contributed by atoms with Crippen molar-refractivity contribution in [3.8, 4) is 0 Å². The lowest BCUT2D eigenvalue weighted by Crippen LogP contribution is -2.58. The summed E-state index contributed by atoms with van der Waals surface area (Å²) in [6.07, 6.45) is 2.25. The van der Waals surface area contributed by atoms with E-state index in [2.05, 4.69) is 4.90 Å². The van der Waals surface area contributed by atoms with Crippen LogP contribution in [0.4, 0.5) is 10.5 Å². The van der Waals surface area contributed by atoms with Crippen molar-refractivity contribution >= 4 is 23.6 Å². The first-order valence-corrected chi connectivity index (χ1v) is 11.5. The van der Waals surface area contributed by atoms with E-state index in [1.807, 2.05) is 51.1 Å². The Hall–Kier alpha value is -2.77. The standard InChI is InChI=1S/C24H34N4O4/c1-23(2,3)32-22(31)26-15-12-24(13-16-26)21(30)27(19-11-8-14-25(4)20(19)29)17-28(24)18-9-6-5-7-10-18/h5-7,9-10,19H,8,11-17H2,1-4H3. The summed E-state index contributed by atoms with van der Waals surface area (Å²) in [5.41, 5.74) is -0.350. The van der Waals surface area contributed by atoms with Crippen LogP contribution in [0.1, 0.15) is 46.5 Å². The fraction of sp³-hybridized carbons (Fsp3) is 0.625. The van der Waals surface area contributed by atoms with Crippen LogP contribution in [-0.2, 0) is 14.3 Å². The van der Waals surface area contributed by atoms with Crippen LogP contribution in [0.5, 0.6) is 0 Å². The smallest absolute Gasteiger partial charge is 0.410 e. The first kappa shape index (κ1) is 22.4. The van der Waals surface area contributed by atoms with Crippen LogP contribution in [0.25, 0.3) is 0 Å². The maximum absolute atomic E-state index is 13.9. The van der Waals surface area contributed by atoms with Crippen molar-refractivity contribution in [2.75, 3.05) is 38.3 Å². The van der Waals surface area contributed by atoms with Crippen LogP contribution < -0.4 is 4.90 Å². The molecule has 3 aliphatic rings. The fourth-order valence-corrected chi connectivity index (χ4v) is 5.08. The van der Waals surface area contributed by atoms with Gasteiger partial charge in [0.2, 0.25) is 5.91 Å². The Morgan fingerprint density at radius 2 is 1.72 bits per heavy atom. The highest BCUT2D eigenvalue weighted by Gasteiger charge is 2.56. The van der Waals surface area contributed by atoms with Gasteiger partial charge in [0.15, 0.2) is 0 Å². The normalized spacial score (nSPS) is 23.8. The van der Waals surface area contributed by atoms with Gasteiger partial charge in [0, 0.05) is 32.4 Å². The van der Waals surface area contributed by atoms with Crippen LogP contribution in [0.3, 0.4) is 0 Å². The van der Waals surface area contributed by atoms with E-state index in [9.17, 15) is 14.4 Å². The molecule has 1 aromatic rings. The van der Waals surface area contributed by atoms with Crippen LogP contribution >= 0.6 is 0 Å². The summed E-state index contributed by atoms with van der Waals surface area (Å²) in [5, 5.41) is 0. The van der Waals surface area contributed by atoms with Crippen molar-refractivity contribution in [3.05, 3.63) is 30.3 Å². The molecule has 32 heavy (non-hydrogen) atoms. The summed E-state index contributed by atoms with van der Waals surface area (Å²) in [4.78, 5) is 46.7. The molecule has 4 rings (SSSR count). The SMILES string of the molecule is CN1CCCC(N2CN(c3ccccc3)C3(CCN(C(=O)OC(C)(C)C)CC3)C2=O)C1=O. The van der Waals surface area contributed by atoms with Gasteiger partial charge in [-0.2, -0.15) is 0 Å². The van der Waals surface area contributed by atoms with E-state index in [1.54, 1.807) is 21.7 Å². The Morgan fingerprint density at radius 1 is 1.06 bits per heavy atom. The molecule has 8 nitrogen and oxygen atoms in total. The summed E-state index contributed by atoms with van der Waals surface area (Å²) in [6, 6.07) is 9.48. The van der Waals surface area contributed by atoms with Crippen molar-refractivity contribution in [1.29, 1.82) is 0 Å². The molecule has 1 aromatic carbocycles. The van der Waals surface area contributed by atoms with E-state index in [0.29, 0.717) is 39.0 Å². The van der Waals surface area contributed by atoms with Crippen LogP contribution in [0, 0.1) is 0 Å². The number of hydrogen-bond acceptors (Lipinski definition) is 5. The predicted molar refractivity (Wildman–Crippen MR) is 121 cm³/mol. The number of rotatable bonds is 2. The second-order valence-electron chi connectivity index (χ2n) is 10.1. The number of anilines is 1. The molecule has 3 saturated heterocycles. The average Bonchev–Trinajstić information content (AvgIpc) is 3.02.